The molecular weight excluding hydrogens is 385 g/mol. The molecule has 25 heavy (non-hydrogen) atoms. The Morgan fingerprint density at radius 1 is 1.28 bits per heavy atom. The van der Waals surface area contributed by atoms with Crippen molar-refractivity contribution in [1.82, 2.24) is 19.3 Å². The second kappa shape index (κ2) is 7.17. The number of nitrogens with zero attached hydrogens (tertiary/aromatic N) is 3. The Kier molecular flexibility index (Phi) is 5.14. The van der Waals surface area contributed by atoms with E-state index >= 15 is 0 Å². The molecule has 2 N–H and O–H groups in total. The van der Waals surface area contributed by atoms with E-state index in [1.54, 1.807) is 30.9 Å². The SMILES string of the molecule is CNS(=O)(=O)CCNc1cc(-n2ccnc2)c2ccc(Cl)c(Cl)c2n1. The predicted molar refractivity (Wildman–Crippen MR) is 100 cm³/mol. The van der Waals surface area contributed by atoms with Crippen molar-refractivity contribution in [2.24, 2.45) is 0 Å². The third-order valence-electron chi connectivity index (χ3n) is 3.62. The molecule has 0 radical (unpaired) electrons. The van der Waals surface area contributed by atoms with Crippen molar-refractivity contribution in [1.29, 1.82) is 0 Å². The molecule has 3 rings (SSSR count). The highest BCUT2D eigenvalue weighted by molar-refractivity contribution is 7.89. The first-order valence-electron chi connectivity index (χ1n) is 7.33. The van der Waals surface area contributed by atoms with Gasteiger partial charge in [0.2, 0.25) is 10.0 Å². The molecule has 1 aromatic carbocycles. The Morgan fingerprint density at radius 2 is 2.08 bits per heavy atom. The fourth-order valence-corrected chi connectivity index (χ4v) is 3.27. The van der Waals surface area contributed by atoms with Crippen molar-refractivity contribution < 1.29 is 8.42 Å². The van der Waals surface area contributed by atoms with Gasteiger partial charge in [0.1, 0.15) is 5.82 Å². The van der Waals surface area contributed by atoms with Crippen LogP contribution in [0, 0.1) is 0 Å². The number of fused-ring (bicyclic) bond motifs is 1. The number of nitrogens with one attached hydrogen (secondary N) is 2. The fourth-order valence-electron chi connectivity index (χ4n) is 2.34. The minimum absolute atomic E-state index is 0.0765. The molecule has 0 unspecified atom stereocenters. The van der Waals surface area contributed by atoms with Crippen LogP contribution in [0.1, 0.15) is 0 Å². The Morgan fingerprint density at radius 3 is 2.76 bits per heavy atom. The maximum atomic E-state index is 11.5. The third kappa shape index (κ3) is 3.87. The molecule has 7 nitrogen and oxygen atoms in total. The summed E-state index contributed by atoms with van der Waals surface area (Å²) in [5.41, 5.74) is 1.33. The Bertz CT molecular complexity index is 1010. The van der Waals surface area contributed by atoms with Crippen LogP contribution in [0.15, 0.2) is 36.9 Å². The molecule has 0 bridgehead atoms. The smallest absolute Gasteiger partial charge is 0.213 e. The number of hydrogen-bond acceptors (Lipinski definition) is 5. The summed E-state index contributed by atoms with van der Waals surface area (Å²) in [5.74, 6) is 0.416. The van der Waals surface area contributed by atoms with Crippen molar-refractivity contribution in [2.75, 3.05) is 24.7 Å². The topological polar surface area (TPSA) is 88.9 Å². The summed E-state index contributed by atoms with van der Waals surface area (Å²) in [6.45, 7) is 0.198. The quantitative estimate of drug-likeness (QED) is 0.664. The maximum Gasteiger partial charge on any atom is 0.213 e. The zero-order valence-electron chi connectivity index (χ0n) is 13.2. The third-order valence-corrected chi connectivity index (χ3v) is 5.78. The van der Waals surface area contributed by atoms with Crippen LogP contribution in [0.4, 0.5) is 5.82 Å². The van der Waals surface area contributed by atoms with Crippen molar-refractivity contribution >= 4 is 49.9 Å². The van der Waals surface area contributed by atoms with Gasteiger partial charge in [0.05, 0.1) is 33.3 Å². The lowest BCUT2D eigenvalue weighted by atomic mass is 10.1. The first-order valence-corrected chi connectivity index (χ1v) is 9.74. The molecule has 2 aromatic heterocycles. The molecule has 0 atom stereocenters. The van der Waals surface area contributed by atoms with Gasteiger partial charge < -0.3 is 9.88 Å². The van der Waals surface area contributed by atoms with Gasteiger partial charge >= 0.3 is 0 Å². The average Bonchev–Trinajstić information content (AvgIpc) is 3.12. The van der Waals surface area contributed by atoms with Gasteiger partial charge in [-0.1, -0.05) is 23.2 Å². The molecule has 0 spiro atoms. The summed E-state index contributed by atoms with van der Waals surface area (Å²) in [6, 6.07) is 5.35. The van der Waals surface area contributed by atoms with E-state index in [9.17, 15) is 8.42 Å². The number of halogens is 2. The van der Waals surface area contributed by atoms with E-state index in [1.807, 2.05) is 10.6 Å². The number of pyridine rings is 1. The van der Waals surface area contributed by atoms with E-state index in [-0.39, 0.29) is 12.3 Å². The summed E-state index contributed by atoms with van der Waals surface area (Å²) in [7, 11) is -1.93. The van der Waals surface area contributed by atoms with Crippen LogP contribution >= 0.6 is 23.2 Å². The van der Waals surface area contributed by atoms with Gasteiger partial charge in [0.15, 0.2) is 0 Å². The number of benzene rings is 1. The normalized spacial score (nSPS) is 11.8. The van der Waals surface area contributed by atoms with E-state index < -0.39 is 10.0 Å². The minimum Gasteiger partial charge on any atom is -0.369 e. The van der Waals surface area contributed by atoms with Gasteiger partial charge in [0, 0.05) is 30.4 Å². The lowest BCUT2D eigenvalue weighted by Crippen LogP contribution is -2.26. The Labute approximate surface area is 155 Å². The highest BCUT2D eigenvalue weighted by Gasteiger charge is 2.13. The van der Waals surface area contributed by atoms with Crippen LogP contribution in [0.5, 0.6) is 0 Å². The summed E-state index contributed by atoms with van der Waals surface area (Å²) in [5, 5.41) is 4.55. The monoisotopic (exact) mass is 399 g/mol. The predicted octanol–water partition coefficient (Wildman–Crippen LogP) is 2.69. The van der Waals surface area contributed by atoms with Crippen LogP contribution in [-0.2, 0) is 10.0 Å². The summed E-state index contributed by atoms with van der Waals surface area (Å²) in [4.78, 5) is 8.53. The number of anilines is 1. The highest BCUT2D eigenvalue weighted by atomic mass is 35.5. The number of sulfonamides is 1. The van der Waals surface area contributed by atoms with E-state index in [1.165, 1.54) is 7.05 Å². The van der Waals surface area contributed by atoms with Crippen molar-refractivity contribution in [3.8, 4) is 5.69 Å². The maximum absolute atomic E-state index is 11.5. The molecule has 0 aliphatic carbocycles. The summed E-state index contributed by atoms with van der Waals surface area (Å²) < 4.78 is 27.2. The molecule has 0 saturated heterocycles. The van der Waals surface area contributed by atoms with Crippen LogP contribution in [0.3, 0.4) is 0 Å². The molecule has 132 valence electrons. The number of aromatic nitrogens is 3. The lowest BCUT2D eigenvalue weighted by molar-refractivity contribution is 0.588. The molecule has 3 aromatic rings. The van der Waals surface area contributed by atoms with Crippen molar-refractivity contribution in [3.63, 3.8) is 0 Å². The highest BCUT2D eigenvalue weighted by Crippen LogP contribution is 2.33. The fraction of sp³-hybridized carbons (Fsp3) is 0.200. The number of rotatable bonds is 6. The molecule has 0 amide bonds. The number of hydrogen-bond donors (Lipinski definition) is 2. The summed E-state index contributed by atoms with van der Waals surface area (Å²) >= 11 is 12.4. The largest absolute Gasteiger partial charge is 0.369 e. The molecule has 0 aliphatic heterocycles. The van der Waals surface area contributed by atoms with E-state index in [0.717, 1.165) is 11.1 Å². The second-order valence-corrected chi connectivity index (χ2v) is 8.04. The van der Waals surface area contributed by atoms with Gasteiger partial charge in [0.25, 0.3) is 0 Å². The molecule has 2 heterocycles. The van der Waals surface area contributed by atoms with Gasteiger partial charge in [-0.2, -0.15) is 0 Å². The van der Waals surface area contributed by atoms with Gasteiger partial charge in [-0.05, 0) is 19.2 Å². The van der Waals surface area contributed by atoms with E-state index in [0.29, 0.717) is 21.4 Å². The molecular formula is C15H15Cl2N5O2S. The first-order chi connectivity index (χ1) is 11.9. The average molecular weight is 400 g/mol. The molecule has 0 aliphatic rings. The summed E-state index contributed by atoms with van der Waals surface area (Å²) in [6.07, 6.45) is 5.12. The minimum atomic E-state index is -3.30. The number of imidazole rings is 1. The first kappa shape index (κ1) is 17.9. The zero-order valence-corrected chi connectivity index (χ0v) is 15.5. The second-order valence-electron chi connectivity index (χ2n) is 5.20. The molecule has 10 heteroatoms. The Balaban J connectivity index is 2.03. The van der Waals surface area contributed by atoms with E-state index in [4.69, 9.17) is 23.2 Å². The Hall–Kier alpha value is -1.87. The van der Waals surface area contributed by atoms with Gasteiger partial charge in [-0.15, -0.1) is 0 Å². The van der Waals surface area contributed by atoms with Crippen LogP contribution in [0.25, 0.3) is 16.6 Å². The zero-order chi connectivity index (χ0) is 18.0. The van der Waals surface area contributed by atoms with Crippen molar-refractivity contribution in [2.45, 2.75) is 0 Å². The van der Waals surface area contributed by atoms with Crippen molar-refractivity contribution in [3.05, 3.63) is 47.0 Å². The van der Waals surface area contributed by atoms with Crippen LogP contribution in [-0.4, -0.2) is 42.3 Å². The van der Waals surface area contributed by atoms with E-state index in [2.05, 4.69) is 20.0 Å². The van der Waals surface area contributed by atoms with Crippen LogP contribution in [0.2, 0.25) is 10.0 Å². The van der Waals surface area contributed by atoms with Crippen LogP contribution < -0.4 is 10.0 Å². The van der Waals surface area contributed by atoms with Gasteiger partial charge in [-0.25, -0.2) is 23.1 Å². The molecule has 0 saturated carbocycles. The standard InChI is InChI=1S/C15H15Cl2N5O2S/c1-18-25(23,24)7-5-20-13-8-12(22-6-4-19-9-22)10-2-3-11(16)14(17)15(10)21-13/h2-4,6,8-9,18H,5,7H2,1H3,(H,20,21). The lowest BCUT2D eigenvalue weighted by Gasteiger charge is -2.13. The molecule has 0 fully saturated rings. The van der Waals surface area contributed by atoms with Gasteiger partial charge in [-0.3, -0.25) is 0 Å².